The molecule has 0 radical (unpaired) electrons. The van der Waals surface area contributed by atoms with Crippen LogP contribution in [0.1, 0.15) is 24.8 Å². The third-order valence-corrected chi connectivity index (χ3v) is 6.63. The maximum absolute atomic E-state index is 13.4. The number of carbonyl (C=O) groups excluding carboxylic acids is 1. The van der Waals surface area contributed by atoms with Crippen molar-refractivity contribution >= 4 is 23.1 Å². The summed E-state index contributed by atoms with van der Waals surface area (Å²) in [5, 5.41) is 3.37. The van der Waals surface area contributed by atoms with Gasteiger partial charge in [0.2, 0.25) is 5.91 Å². The Hall–Kier alpha value is -3.68. The Morgan fingerprint density at radius 2 is 1.83 bits per heavy atom. The summed E-state index contributed by atoms with van der Waals surface area (Å²) in [6.07, 6.45) is 3.76. The quantitative estimate of drug-likeness (QED) is 0.460. The van der Waals surface area contributed by atoms with Crippen LogP contribution in [0.3, 0.4) is 0 Å². The first-order valence-corrected chi connectivity index (χ1v) is 11.9. The number of amides is 1. The van der Waals surface area contributed by atoms with E-state index in [9.17, 15) is 13.6 Å². The van der Waals surface area contributed by atoms with Gasteiger partial charge in [-0.05, 0) is 73.2 Å². The molecule has 5 rings (SSSR count). The Morgan fingerprint density at radius 3 is 2.54 bits per heavy atom. The highest BCUT2D eigenvalue weighted by atomic mass is 19.3. The van der Waals surface area contributed by atoms with E-state index in [2.05, 4.69) is 10.3 Å². The monoisotopic (exact) mass is 478 g/mol. The van der Waals surface area contributed by atoms with Crippen molar-refractivity contribution in [2.45, 2.75) is 31.6 Å². The zero-order valence-corrected chi connectivity index (χ0v) is 19.3. The second-order valence-corrected chi connectivity index (χ2v) is 9.31. The first-order valence-electron chi connectivity index (χ1n) is 11.9. The number of halogens is 2. The lowest BCUT2D eigenvalue weighted by molar-refractivity contribution is -0.136. The number of ether oxygens (including phenoxy) is 1. The molecule has 1 aromatic heterocycles. The van der Waals surface area contributed by atoms with Crippen molar-refractivity contribution < 1.29 is 18.3 Å². The van der Waals surface area contributed by atoms with Gasteiger partial charge in [-0.25, -0.2) is 13.8 Å². The van der Waals surface area contributed by atoms with Gasteiger partial charge in [0.15, 0.2) is 0 Å². The molecule has 2 aliphatic rings. The Labute approximate surface area is 203 Å². The van der Waals surface area contributed by atoms with Gasteiger partial charge >= 0.3 is 0 Å². The van der Waals surface area contributed by atoms with Crippen molar-refractivity contribution in [1.29, 1.82) is 0 Å². The molecule has 8 heteroatoms. The minimum absolute atomic E-state index is 0.170. The van der Waals surface area contributed by atoms with Crippen molar-refractivity contribution in [2.75, 3.05) is 24.1 Å². The highest BCUT2D eigenvalue weighted by Gasteiger charge is 2.62. The lowest BCUT2D eigenvalue weighted by Crippen LogP contribution is -2.42. The van der Waals surface area contributed by atoms with E-state index in [0.717, 1.165) is 35.5 Å². The number of rotatable bonds is 7. The van der Waals surface area contributed by atoms with Crippen LogP contribution in [0.15, 0.2) is 66.9 Å². The van der Waals surface area contributed by atoms with Gasteiger partial charge in [-0.2, -0.15) is 0 Å². The smallest absolute Gasteiger partial charge is 0.260 e. The summed E-state index contributed by atoms with van der Waals surface area (Å²) < 4.78 is 32.7. The van der Waals surface area contributed by atoms with Gasteiger partial charge in [0.1, 0.15) is 23.2 Å². The number of pyridine rings is 1. The normalized spacial score (nSPS) is 20.8. The Morgan fingerprint density at radius 1 is 1.11 bits per heavy atom. The van der Waals surface area contributed by atoms with Crippen molar-refractivity contribution in [3.63, 3.8) is 0 Å². The van der Waals surface area contributed by atoms with Crippen LogP contribution in [0.25, 0.3) is 0 Å². The number of para-hydroxylation sites is 1. The fourth-order valence-electron chi connectivity index (χ4n) is 4.65. The van der Waals surface area contributed by atoms with Gasteiger partial charge in [0.05, 0.1) is 5.69 Å². The zero-order chi connectivity index (χ0) is 24.4. The number of piperidine rings is 1. The molecular weight excluding hydrogens is 450 g/mol. The Kier molecular flexibility index (Phi) is 6.28. The first kappa shape index (κ1) is 23.1. The summed E-state index contributed by atoms with van der Waals surface area (Å²) in [5.74, 6) is -2.35. The summed E-state index contributed by atoms with van der Waals surface area (Å²) in [7, 11) is 0. The fraction of sp³-hybridized carbons (Fsp3) is 0.333. The molecule has 35 heavy (non-hydrogen) atoms. The van der Waals surface area contributed by atoms with E-state index in [4.69, 9.17) is 10.5 Å². The van der Waals surface area contributed by atoms with Crippen LogP contribution in [-0.2, 0) is 11.2 Å². The number of nitrogen functional groups attached to an aromatic ring is 1. The molecule has 3 N–H and O–H groups in total. The number of aromatic nitrogens is 1. The standard InChI is InChI=1S/C27H28F2N4O2/c28-27(29)16-23(27)26(34)33-14-4-5-18(17-33)15-19-12-13-31-25(30)24(19)32-20-8-10-22(11-9-20)35-21-6-2-1-3-7-21/h1-3,6-13,18,23,32H,4-5,14-17H2,(H2,30,31)/t18-,23?/m0/s1. The molecule has 2 atom stereocenters. The van der Waals surface area contributed by atoms with Gasteiger partial charge < -0.3 is 20.7 Å². The number of hydrogen-bond donors (Lipinski definition) is 2. The second-order valence-electron chi connectivity index (χ2n) is 9.31. The molecule has 0 bridgehead atoms. The number of carbonyl (C=O) groups is 1. The highest BCUT2D eigenvalue weighted by Crippen LogP contribution is 2.49. The largest absolute Gasteiger partial charge is 0.457 e. The number of nitrogens with one attached hydrogen (secondary N) is 1. The molecule has 2 heterocycles. The molecule has 0 spiro atoms. The topological polar surface area (TPSA) is 80.5 Å². The van der Waals surface area contributed by atoms with E-state index < -0.39 is 17.7 Å². The third-order valence-electron chi connectivity index (χ3n) is 6.63. The van der Waals surface area contributed by atoms with Crippen LogP contribution in [0.4, 0.5) is 26.0 Å². The fourth-order valence-corrected chi connectivity index (χ4v) is 4.65. The molecule has 2 aromatic carbocycles. The summed E-state index contributed by atoms with van der Waals surface area (Å²) in [6, 6.07) is 19.0. The number of nitrogens with two attached hydrogens (primary N) is 1. The predicted octanol–water partition coefficient (Wildman–Crippen LogP) is 5.64. The van der Waals surface area contributed by atoms with E-state index in [1.54, 1.807) is 11.1 Å². The molecule has 182 valence electrons. The number of alkyl halides is 2. The summed E-state index contributed by atoms with van der Waals surface area (Å²) >= 11 is 0. The molecular formula is C27H28F2N4O2. The van der Waals surface area contributed by atoms with Crippen molar-refractivity contribution in [2.24, 2.45) is 11.8 Å². The van der Waals surface area contributed by atoms with Crippen molar-refractivity contribution in [3.8, 4) is 11.5 Å². The molecule has 1 saturated carbocycles. The van der Waals surface area contributed by atoms with E-state index in [0.29, 0.717) is 31.1 Å². The number of likely N-dealkylation sites (tertiary alicyclic amines) is 1. The predicted molar refractivity (Wildman–Crippen MR) is 131 cm³/mol. The summed E-state index contributed by atoms with van der Waals surface area (Å²) in [5.41, 5.74) is 8.76. The number of anilines is 3. The number of benzene rings is 2. The van der Waals surface area contributed by atoms with Gasteiger partial charge in [-0.1, -0.05) is 18.2 Å². The lowest BCUT2D eigenvalue weighted by Gasteiger charge is -2.33. The maximum atomic E-state index is 13.4. The zero-order valence-electron chi connectivity index (χ0n) is 19.3. The minimum Gasteiger partial charge on any atom is -0.457 e. The van der Waals surface area contributed by atoms with Gasteiger partial charge in [0, 0.05) is 31.4 Å². The Bertz CT molecular complexity index is 1190. The summed E-state index contributed by atoms with van der Waals surface area (Å²) in [4.78, 5) is 18.3. The molecule has 6 nitrogen and oxygen atoms in total. The van der Waals surface area contributed by atoms with Crippen molar-refractivity contribution in [1.82, 2.24) is 9.88 Å². The van der Waals surface area contributed by atoms with Crippen LogP contribution in [0.5, 0.6) is 11.5 Å². The molecule has 1 amide bonds. The number of hydrogen-bond acceptors (Lipinski definition) is 5. The van der Waals surface area contributed by atoms with Gasteiger partial charge in [0.25, 0.3) is 5.92 Å². The first-order chi connectivity index (χ1) is 16.9. The average Bonchev–Trinajstić information content (AvgIpc) is 3.50. The van der Waals surface area contributed by atoms with E-state index in [1.165, 1.54) is 0 Å². The molecule has 1 saturated heterocycles. The SMILES string of the molecule is Nc1nccc(C[C@@H]2CCCN(C(=O)C3CC3(F)F)C2)c1Nc1ccc(Oc2ccccc2)cc1. The number of nitrogens with zero attached hydrogens (tertiary/aromatic N) is 2. The van der Waals surface area contributed by atoms with Crippen LogP contribution >= 0.6 is 0 Å². The van der Waals surface area contributed by atoms with Crippen LogP contribution in [-0.4, -0.2) is 34.8 Å². The maximum Gasteiger partial charge on any atom is 0.260 e. The van der Waals surface area contributed by atoms with Crippen LogP contribution in [0.2, 0.25) is 0 Å². The van der Waals surface area contributed by atoms with E-state index in [1.807, 2.05) is 60.7 Å². The average molecular weight is 479 g/mol. The molecule has 3 aromatic rings. The van der Waals surface area contributed by atoms with E-state index in [-0.39, 0.29) is 12.3 Å². The molecule has 1 aliphatic carbocycles. The minimum atomic E-state index is -2.83. The van der Waals surface area contributed by atoms with Crippen molar-refractivity contribution in [3.05, 3.63) is 72.4 Å². The molecule has 2 fully saturated rings. The highest BCUT2D eigenvalue weighted by molar-refractivity contribution is 5.83. The van der Waals surface area contributed by atoms with E-state index >= 15 is 0 Å². The van der Waals surface area contributed by atoms with Gasteiger partial charge in [-0.3, -0.25) is 4.79 Å². The van der Waals surface area contributed by atoms with Gasteiger partial charge in [-0.15, -0.1) is 0 Å². The second kappa shape index (κ2) is 9.52. The third kappa shape index (κ3) is 5.37. The van der Waals surface area contributed by atoms with Crippen LogP contribution < -0.4 is 15.8 Å². The lowest BCUT2D eigenvalue weighted by atomic mass is 9.90. The Balaban J connectivity index is 1.25. The van der Waals surface area contributed by atoms with Crippen LogP contribution in [0, 0.1) is 11.8 Å². The molecule has 1 unspecified atom stereocenters. The summed E-state index contributed by atoms with van der Waals surface area (Å²) in [6.45, 7) is 1.03. The molecule has 1 aliphatic heterocycles.